The maximum Gasteiger partial charge on any atom is 0.144 e. The fourth-order valence-corrected chi connectivity index (χ4v) is 2.36. The minimum atomic E-state index is 0.592. The Labute approximate surface area is 103 Å². The Balaban J connectivity index is 1.94. The summed E-state index contributed by atoms with van der Waals surface area (Å²) in [4.78, 5) is 8.73. The first kappa shape index (κ1) is 12.3. The van der Waals surface area contributed by atoms with Crippen LogP contribution in [0.5, 0.6) is 0 Å². The van der Waals surface area contributed by atoms with Gasteiger partial charge in [-0.15, -0.1) is 0 Å². The topological polar surface area (TPSA) is 49.8 Å². The fraction of sp³-hybridized carbons (Fsp3) is 0.692. The molecule has 0 aliphatic heterocycles. The molecule has 4 nitrogen and oxygen atoms in total. The normalized spacial score (nSPS) is 17.7. The van der Waals surface area contributed by atoms with Crippen LogP contribution >= 0.6 is 0 Å². The minimum absolute atomic E-state index is 0.592. The fourth-order valence-electron chi connectivity index (χ4n) is 2.36. The van der Waals surface area contributed by atoms with Crippen molar-refractivity contribution in [1.29, 1.82) is 0 Å². The van der Waals surface area contributed by atoms with E-state index in [1.807, 2.05) is 19.3 Å². The van der Waals surface area contributed by atoms with Gasteiger partial charge in [0.2, 0.25) is 0 Å². The van der Waals surface area contributed by atoms with Gasteiger partial charge in [-0.25, -0.2) is 9.97 Å². The Morgan fingerprint density at radius 1 is 1.24 bits per heavy atom. The molecule has 0 radical (unpaired) electrons. The molecule has 0 amide bonds. The third-order valence-corrected chi connectivity index (χ3v) is 3.25. The third kappa shape index (κ3) is 3.97. The highest BCUT2D eigenvalue weighted by Crippen LogP contribution is 2.20. The van der Waals surface area contributed by atoms with Gasteiger partial charge in [-0.1, -0.05) is 25.7 Å². The van der Waals surface area contributed by atoms with Crippen molar-refractivity contribution in [3.63, 3.8) is 0 Å². The quantitative estimate of drug-likeness (QED) is 0.785. The summed E-state index contributed by atoms with van der Waals surface area (Å²) >= 11 is 0. The van der Waals surface area contributed by atoms with Gasteiger partial charge in [0.25, 0.3) is 0 Å². The Morgan fingerprint density at radius 2 is 2.00 bits per heavy atom. The van der Waals surface area contributed by atoms with Crippen LogP contribution in [0.2, 0.25) is 0 Å². The van der Waals surface area contributed by atoms with Gasteiger partial charge in [-0.2, -0.15) is 0 Å². The van der Waals surface area contributed by atoms with Crippen molar-refractivity contribution in [1.82, 2.24) is 15.3 Å². The van der Waals surface area contributed by atoms with E-state index in [1.165, 1.54) is 38.5 Å². The number of nitrogens with one attached hydrogen (secondary N) is 2. The molecule has 1 saturated carbocycles. The summed E-state index contributed by atoms with van der Waals surface area (Å²) in [5, 5.41) is 6.61. The zero-order chi connectivity index (χ0) is 11.9. The predicted octanol–water partition coefficient (Wildman–Crippen LogP) is 2.33. The van der Waals surface area contributed by atoms with E-state index in [9.17, 15) is 0 Å². The Morgan fingerprint density at radius 3 is 2.71 bits per heavy atom. The average molecular weight is 234 g/mol. The summed E-state index contributed by atoms with van der Waals surface area (Å²) in [7, 11) is 1.91. The third-order valence-electron chi connectivity index (χ3n) is 3.25. The minimum Gasteiger partial charge on any atom is -0.367 e. The number of hydrogen-bond donors (Lipinski definition) is 2. The second-order valence-corrected chi connectivity index (χ2v) is 4.72. The van der Waals surface area contributed by atoms with Gasteiger partial charge >= 0.3 is 0 Å². The Kier molecular flexibility index (Phi) is 4.74. The van der Waals surface area contributed by atoms with E-state index in [2.05, 4.69) is 20.6 Å². The van der Waals surface area contributed by atoms with Crippen LogP contribution in [0.15, 0.2) is 12.3 Å². The molecule has 0 bridgehead atoms. The van der Waals surface area contributed by atoms with E-state index < -0.39 is 0 Å². The van der Waals surface area contributed by atoms with Crippen LogP contribution in [-0.4, -0.2) is 23.1 Å². The van der Waals surface area contributed by atoms with E-state index >= 15 is 0 Å². The SMILES string of the molecule is CNCc1nccc(NC2CCCCCC2)n1. The smallest absolute Gasteiger partial charge is 0.144 e. The highest BCUT2D eigenvalue weighted by molar-refractivity contribution is 5.34. The largest absolute Gasteiger partial charge is 0.367 e. The van der Waals surface area contributed by atoms with E-state index in [-0.39, 0.29) is 0 Å². The Hall–Kier alpha value is -1.16. The molecular weight excluding hydrogens is 212 g/mol. The molecule has 1 aliphatic rings. The second kappa shape index (κ2) is 6.55. The molecule has 94 valence electrons. The molecule has 2 N–H and O–H groups in total. The van der Waals surface area contributed by atoms with E-state index in [0.717, 1.165) is 18.2 Å². The summed E-state index contributed by atoms with van der Waals surface area (Å²) in [6, 6.07) is 2.55. The Bertz CT molecular complexity index is 332. The first-order chi connectivity index (χ1) is 8.38. The first-order valence-electron chi connectivity index (χ1n) is 6.61. The summed E-state index contributed by atoms with van der Waals surface area (Å²) in [5.74, 6) is 1.82. The molecule has 0 atom stereocenters. The summed E-state index contributed by atoms with van der Waals surface area (Å²) < 4.78 is 0. The molecule has 2 rings (SSSR count). The van der Waals surface area contributed by atoms with Crippen molar-refractivity contribution < 1.29 is 0 Å². The number of nitrogens with zero attached hydrogens (tertiary/aromatic N) is 2. The summed E-state index contributed by atoms with van der Waals surface area (Å²) in [6.07, 6.45) is 9.81. The van der Waals surface area contributed by atoms with Crippen molar-refractivity contribution in [2.45, 2.75) is 51.1 Å². The zero-order valence-corrected chi connectivity index (χ0v) is 10.6. The van der Waals surface area contributed by atoms with Crippen LogP contribution in [0.4, 0.5) is 5.82 Å². The monoisotopic (exact) mass is 234 g/mol. The van der Waals surface area contributed by atoms with Crippen molar-refractivity contribution in [3.05, 3.63) is 18.1 Å². The highest BCUT2D eigenvalue weighted by atomic mass is 15.1. The van der Waals surface area contributed by atoms with Gasteiger partial charge in [0, 0.05) is 12.2 Å². The van der Waals surface area contributed by atoms with Crippen LogP contribution in [0, 0.1) is 0 Å². The lowest BCUT2D eigenvalue weighted by molar-refractivity contribution is 0.616. The molecule has 1 aromatic rings. The van der Waals surface area contributed by atoms with Crippen molar-refractivity contribution >= 4 is 5.82 Å². The summed E-state index contributed by atoms with van der Waals surface area (Å²) in [6.45, 7) is 0.722. The second-order valence-electron chi connectivity index (χ2n) is 4.72. The van der Waals surface area contributed by atoms with Crippen LogP contribution < -0.4 is 10.6 Å². The predicted molar refractivity (Wildman–Crippen MR) is 69.9 cm³/mol. The number of hydrogen-bond acceptors (Lipinski definition) is 4. The van der Waals surface area contributed by atoms with Crippen LogP contribution in [0.25, 0.3) is 0 Å². The first-order valence-corrected chi connectivity index (χ1v) is 6.61. The van der Waals surface area contributed by atoms with Crippen LogP contribution in [0.3, 0.4) is 0 Å². The molecule has 1 fully saturated rings. The molecule has 1 aromatic heterocycles. The molecule has 17 heavy (non-hydrogen) atoms. The highest BCUT2D eigenvalue weighted by Gasteiger charge is 2.12. The molecule has 0 spiro atoms. The number of rotatable bonds is 4. The lowest BCUT2D eigenvalue weighted by Crippen LogP contribution is -2.20. The molecule has 1 heterocycles. The molecular formula is C13H22N4. The zero-order valence-electron chi connectivity index (χ0n) is 10.6. The molecule has 0 saturated heterocycles. The molecule has 0 aromatic carbocycles. The maximum atomic E-state index is 4.50. The van der Waals surface area contributed by atoms with Gasteiger partial charge in [0.05, 0.1) is 6.54 Å². The average Bonchev–Trinajstić information content (AvgIpc) is 2.59. The van der Waals surface area contributed by atoms with E-state index in [4.69, 9.17) is 0 Å². The molecule has 0 unspecified atom stereocenters. The van der Waals surface area contributed by atoms with Gasteiger partial charge in [-0.3, -0.25) is 0 Å². The number of anilines is 1. The van der Waals surface area contributed by atoms with E-state index in [1.54, 1.807) is 0 Å². The lowest BCUT2D eigenvalue weighted by Gasteiger charge is -2.17. The van der Waals surface area contributed by atoms with Crippen molar-refractivity contribution in [2.75, 3.05) is 12.4 Å². The number of aromatic nitrogens is 2. The molecule has 1 aliphatic carbocycles. The lowest BCUT2D eigenvalue weighted by atomic mass is 10.1. The molecule has 4 heteroatoms. The van der Waals surface area contributed by atoms with Crippen LogP contribution in [-0.2, 0) is 6.54 Å². The van der Waals surface area contributed by atoms with E-state index in [0.29, 0.717) is 6.04 Å². The van der Waals surface area contributed by atoms with Gasteiger partial charge in [-0.05, 0) is 26.0 Å². The van der Waals surface area contributed by atoms with Gasteiger partial charge in [0.15, 0.2) is 0 Å². The standard InChI is InChI=1S/C13H22N4/c1-14-10-13-15-9-8-12(17-13)16-11-6-4-2-3-5-7-11/h8-9,11,14H,2-7,10H2,1H3,(H,15,16,17). The van der Waals surface area contributed by atoms with Crippen molar-refractivity contribution in [2.24, 2.45) is 0 Å². The summed E-state index contributed by atoms with van der Waals surface area (Å²) in [5.41, 5.74) is 0. The van der Waals surface area contributed by atoms with Gasteiger partial charge in [0.1, 0.15) is 11.6 Å². The van der Waals surface area contributed by atoms with Crippen molar-refractivity contribution in [3.8, 4) is 0 Å². The van der Waals surface area contributed by atoms with Crippen LogP contribution in [0.1, 0.15) is 44.3 Å². The van der Waals surface area contributed by atoms with Gasteiger partial charge < -0.3 is 10.6 Å². The maximum absolute atomic E-state index is 4.50.